The first-order valence-electron chi connectivity index (χ1n) is 7.59. The van der Waals surface area contributed by atoms with Crippen LogP contribution < -0.4 is 15.8 Å². The van der Waals surface area contributed by atoms with Gasteiger partial charge in [0.05, 0.1) is 19.8 Å². The molecule has 124 valence electrons. The highest BCUT2D eigenvalue weighted by atomic mass is 16.5. The molecule has 3 N–H and O–H groups in total. The fourth-order valence-electron chi connectivity index (χ4n) is 2.45. The summed E-state index contributed by atoms with van der Waals surface area (Å²) in [4.78, 5) is 23.7. The average Bonchev–Trinajstić information content (AvgIpc) is 2.93. The SMILES string of the molecule is CC[C@H](C)[C@@H](NC(=O)Cc1coc2cc(OC)ccc12)C(N)=O. The summed E-state index contributed by atoms with van der Waals surface area (Å²) < 4.78 is 10.6. The van der Waals surface area contributed by atoms with Crippen LogP contribution in [0.2, 0.25) is 0 Å². The van der Waals surface area contributed by atoms with Crippen LogP contribution in [0.1, 0.15) is 25.8 Å². The molecule has 0 aliphatic rings. The van der Waals surface area contributed by atoms with E-state index < -0.39 is 11.9 Å². The summed E-state index contributed by atoms with van der Waals surface area (Å²) in [6, 6.07) is 4.76. The van der Waals surface area contributed by atoms with Crippen molar-refractivity contribution < 1.29 is 18.7 Å². The number of hydrogen-bond acceptors (Lipinski definition) is 4. The van der Waals surface area contributed by atoms with Gasteiger partial charge in [-0.25, -0.2) is 0 Å². The maximum Gasteiger partial charge on any atom is 0.240 e. The maximum atomic E-state index is 12.2. The summed E-state index contributed by atoms with van der Waals surface area (Å²) in [5.74, 6) is -0.0997. The Bertz CT molecular complexity index is 708. The van der Waals surface area contributed by atoms with E-state index in [4.69, 9.17) is 14.9 Å². The Morgan fingerprint density at radius 3 is 2.74 bits per heavy atom. The number of nitrogens with two attached hydrogens (primary N) is 1. The van der Waals surface area contributed by atoms with Crippen molar-refractivity contribution in [3.63, 3.8) is 0 Å². The molecule has 2 aromatic rings. The number of carbonyl (C=O) groups excluding carboxylic acids is 2. The molecule has 6 nitrogen and oxygen atoms in total. The molecule has 23 heavy (non-hydrogen) atoms. The van der Waals surface area contributed by atoms with Crippen LogP contribution in [-0.2, 0) is 16.0 Å². The van der Waals surface area contributed by atoms with E-state index in [1.54, 1.807) is 19.4 Å². The molecule has 0 radical (unpaired) electrons. The number of carbonyl (C=O) groups is 2. The van der Waals surface area contributed by atoms with Crippen LogP contribution in [0.3, 0.4) is 0 Å². The topological polar surface area (TPSA) is 94.6 Å². The van der Waals surface area contributed by atoms with E-state index in [1.165, 1.54) is 0 Å². The number of methoxy groups -OCH3 is 1. The molecule has 0 saturated carbocycles. The van der Waals surface area contributed by atoms with E-state index in [2.05, 4.69) is 5.32 Å². The largest absolute Gasteiger partial charge is 0.497 e. The highest BCUT2D eigenvalue weighted by Crippen LogP contribution is 2.25. The molecule has 0 bridgehead atoms. The summed E-state index contributed by atoms with van der Waals surface area (Å²) in [6.07, 6.45) is 2.42. The Kier molecular flexibility index (Phi) is 5.26. The van der Waals surface area contributed by atoms with Crippen LogP contribution in [-0.4, -0.2) is 25.0 Å². The van der Waals surface area contributed by atoms with E-state index in [9.17, 15) is 9.59 Å². The van der Waals surface area contributed by atoms with Crippen LogP contribution in [0.15, 0.2) is 28.9 Å². The predicted octanol–water partition coefficient (Wildman–Crippen LogP) is 2.00. The zero-order valence-corrected chi connectivity index (χ0v) is 13.6. The van der Waals surface area contributed by atoms with E-state index in [0.29, 0.717) is 11.3 Å². The lowest BCUT2D eigenvalue weighted by molar-refractivity contribution is -0.128. The summed E-state index contributed by atoms with van der Waals surface area (Å²) in [7, 11) is 1.58. The molecule has 2 amide bonds. The fourth-order valence-corrected chi connectivity index (χ4v) is 2.45. The summed E-state index contributed by atoms with van der Waals surface area (Å²) >= 11 is 0. The molecule has 1 aromatic carbocycles. The first-order chi connectivity index (χ1) is 11.0. The number of ether oxygens (including phenoxy) is 1. The lowest BCUT2D eigenvalue weighted by atomic mass is 9.98. The molecule has 0 aliphatic heterocycles. The van der Waals surface area contributed by atoms with Crippen molar-refractivity contribution >= 4 is 22.8 Å². The second-order valence-electron chi connectivity index (χ2n) is 5.63. The maximum absolute atomic E-state index is 12.2. The number of primary amides is 1. The number of hydrogen-bond donors (Lipinski definition) is 2. The zero-order chi connectivity index (χ0) is 17.0. The number of amides is 2. The Morgan fingerprint density at radius 1 is 1.39 bits per heavy atom. The van der Waals surface area contributed by atoms with Gasteiger partial charge in [-0.15, -0.1) is 0 Å². The van der Waals surface area contributed by atoms with Gasteiger partial charge in [0.25, 0.3) is 0 Å². The Hall–Kier alpha value is -2.50. The summed E-state index contributed by atoms with van der Waals surface area (Å²) in [6.45, 7) is 3.83. The van der Waals surface area contributed by atoms with Crippen molar-refractivity contribution in [3.8, 4) is 5.75 Å². The minimum atomic E-state index is -0.661. The molecule has 1 aromatic heterocycles. The molecular formula is C17H22N2O4. The summed E-state index contributed by atoms with van der Waals surface area (Å²) in [5.41, 5.74) is 6.78. The highest BCUT2D eigenvalue weighted by molar-refractivity contribution is 5.91. The van der Waals surface area contributed by atoms with Crippen molar-refractivity contribution in [2.24, 2.45) is 11.7 Å². The minimum Gasteiger partial charge on any atom is -0.497 e. The monoisotopic (exact) mass is 318 g/mol. The fraction of sp³-hybridized carbons (Fsp3) is 0.412. The number of rotatable bonds is 7. The highest BCUT2D eigenvalue weighted by Gasteiger charge is 2.24. The third-order valence-corrected chi connectivity index (χ3v) is 4.05. The van der Waals surface area contributed by atoms with Crippen molar-refractivity contribution in [3.05, 3.63) is 30.0 Å². The van der Waals surface area contributed by atoms with Gasteiger partial charge in [0.1, 0.15) is 17.4 Å². The normalized spacial score (nSPS) is 13.5. The average molecular weight is 318 g/mol. The molecule has 0 unspecified atom stereocenters. The van der Waals surface area contributed by atoms with Gasteiger partial charge in [0.15, 0.2) is 0 Å². The first kappa shape index (κ1) is 16.9. The molecule has 0 saturated heterocycles. The van der Waals surface area contributed by atoms with Gasteiger partial charge >= 0.3 is 0 Å². The van der Waals surface area contributed by atoms with Crippen LogP contribution in [0, 0.1) is 5.92 Å². The number of furan rings is 1. The molecule has 2 atom stereocenters. The van der Waals surface area contributed by atoms with Crippen molar-refractivity contribution in [2.75, 3.05) is 7.11 Å². The van der Waals surface area contributed by atoms with Crippen LogP contribution in [0.25, 0.3) is 11.0 Å². The van der Waals surface area contributed by atoms with E-state index in [1.807, 2.05) is 26.0 Å². The van der Waals surface area contributed by atoms with E-state index >= 15 is 0 Å². The summed E-state index contributed by atoms with van der Waals surface area (Å²) in [5, 5.41) is 3.56. The van der Waals surface area contributed by atoms with E-state index in [0.717, 1.165) is 17.4 Å². The molecule has 6 heteroatoms. The molecular weight excluding hydrogens is 296 g/mol. The van der Waals surface area contributed by atoms with Crippen molar-refractivity contribution in [1.29, 1.82) is 0 Å². The second kappa shape index (κ2) is 7.17. The van der Waals surface area contributed by atoms with E-state index in [-0.39, 0.29) is 18.2 Å². The second-order valence-corrected chi connectivity index (χ2v) is 5.63. The van der Waals surface area contributed by atoms with Crippen molar-refractivity contribution in [1.82, 2.24) is 5.32 Å². The first-order valence-corrected chi connectivity index (χ1v) is 7.59. The van der Waals surface area contributed by atoms with Crippen molar-refractivity contribution in [2.45, 2.75) is 32.7 Å². The van der Waals surface area contributed by atoms with Gasteiger partial charge in [-0.2, -0.15) is 0 Å². The van der Waals surface area contributed by atoms with Gasteiger partial charge in [-0.1, -0.05) is 20.3 Å². The lowest BCUT2D eigenvalue weighted by Crippen LogP contribution is -2.48. The Labute approximate surface area is 135 Å². The Morgan fingerprint density at radius 2 is 2.13 bits per heavy atom. The van der Waals surface area contributed by atoms with Gasteiger partial charge in [-0.05, 0) is 18.1 Å². The Balaban J connectivity index is 2.12. The van der Waals surface area contributed by atoms with Gasteiger partial charge < -0.3 is 20.2 Å². The molecule has 0 spiro atoms. The van der Waals surface area contributed by atoms with Gasteiger partial charge in [-0.3, -0.25) is 9.59 Å². The third-order valence-electron chi connectivity index (χ3n) is 4.05. The van der Waals surface area contributed by atoms with Gasteiger partial charge in [0, 0.05) is 17.0 Å². The predicted molar refractivity (Wildman–Crippen MR) is 87.1 cm³/mol. The number of nitrogens with one attached hydrogen (secondary N) is 1. The van der Waals surface area contributed by atoms with Crippen LogP contribution in [0.4, 0.5) is 0 Å². The molecule has 1 heterocycles. The molecule has 0 fully saturated rings. The smallest absolute Gasteiger partial charge is 0.240 e. The lowest BCUT2D eigenvalue weighted by Gasteiger charge is -2.20. The minimum absolute atomic E-state index is 0.0122. The molecule has 0 aliphatic carbocycles. The standard InChI is InChI=1S/C17H22N2O4/c1-4-10(2)16(17(18)21)19-15(20)7-11-9-23-14-8-12(22-3)5-6-13(11)14/h5-6,8-10,16H,4,7H2,1-3H3,(H2,18,21)(H,19,20)/t10-,16+/m0/s1. The third kappa shape index (κ3) is 3.83. The van der Waals surface area contributed by atoms with Crippen LogP contribution >= 0.6 is 0 Å². The number of benzene rings is 1. The van der Waals surface area contributed by atoms with Gasteiger partial charge in [0.2, 0.25) is 11.8 Å². The van der Waals surface area contributed by atoms with Crippen LogP contribution in [0.5, 0.6) is 5.75 Å². The molecule has 2 rings (SSSR count). The number of fused-ring (bicyclic) bond motifs is 1. The zero-order valence-electron chi connectivity index (χ0n) is 13.6. The quantitative estimate of drug-likeness (QED) is 0.816.